The predicted molar refractivity (Wildman–Crippen MR) is 80.9 cm³/mol. The molecule has 0 aliphatic heterocycles. The van der Waals surface area contributed by atoms with E-state index in [2.05, 4.69) is 27.0 Å². The zero-order chi connectivity index (χ0) is 14.4. The van der Waals surface area contributed by atoms with E-state index in [1.807, 2.05) is 45.5 Å². The molecule has 108 valence electrons. The van der Waals surface area contributed by atoms with Gasteiger partial charge >= 0.3 is 0 Å². The second-order valence-corrected chi connectivity index (χ2v) is 4.84. The first-order valence-corrected chi connectivity index (χ1v) is 7.10. The summed E-state index contributed by atoms with van der Waals surface area (Å²) in [5, 5.41) is 3.38. The molecule has 4 heteroatoms. The lowest BCUT2D eigenvalue weighted by molar-refractivity contribution is 0.339. The quantitative estimate of drug-likeness (QED) is 0.843. The van der Waals surface area contributed by atoms with Gasteiger partial charge in [0, 0.05) is 31.9 Å². The Morgan fingerprint density at radius 1 is 1.40 bits per heavy atom. The highest BCUT2D eigenvalue weighted by atomic mass is 16.5. The predicted octanol–water partition coefficient (Wildman–Crippen LogP) is 2.71. The Morgan fingerprint density at radius 3 is 2.90 bits per heavy atom. The largest absolute Gasteiger partial charge is 0.494 e. The Bertz CT molecular complexity index is 536. The number of aromatic nitrogens is 2. The van der Waals surface area contributed by atoms with Crippen LogP contribution in [-0.2, 0) is 13.5 Å². The van der Waals surface area contributed by atoms with E-state index in [4.69, 9.17) is 4.74 Å². The molecule has 1 atom stereocenters. The van der Waals surface area contributed by atoms with Crippen LogP contribution in [0.2, 0.25) is 0 Å². The molecule has 4 nitrogen and oxygen atoms in total. The Morgan fingerprint density at radius 2 is 2.25 bits per heavy atom. The molecule has 1 aromatic carbocycles. The monoisotopic (exact) mass is 273 g/mol. The van der Waals surface area contributed by atoms with E-state index in [0.29, 0.717) is 12.6 Å². The van der Waals surface area contributed by atoms with Crippen molar-refractivity contribution >= 4 is 0 Å². The molecule has 0 saturated carbocycles. The fraction of sp³-hybridized carbons (Fsp3) is 0.438. The second-order valence-electron chi connectivity index (χ2n) is 4.84. The van der Waals surface area contributed by atoms with Gasteiger partial charge in [0.2, 0.25) is 0 Å². The van der Waals surface area contributed by atoms with Gasteiger partial charge in [-0.3, -0.25) is 0 Å². The molecule has 0 aliphatic rings. The van der Waals surface area contributed by atoms with Gasteiger partial charge < -0.3 is 14.6 Å². The van der Waals surface area contributed by atoms with Gasteiger partial charge in [0.05, 0.1) is 6.61 Å². The Hall–Kier alpha value is -1.81. The first-order chi connectivity index (χ1) is 9.74. The van der Waals surface area contributed by atoms with E-state index in [9.17, 15) is 0 Å². The molecule has 20 heavy (non-hydrogen) atoms. The zero-order valence-electron chi connectivity index (χ0n) is 12.5. The maximum absolute atomic E-state index is 5.57. The van der Waals surface area contributed by atoms with E-state index in [0.717, 1.165) is 24.4 Å². The molecular formula is C16H23N3O. The molecule has 1 heterocycles. The van der Waals surface area contributed by atoms with Crippen LogP contribution >= 0.6 is 0 Å². The SMILES string of the molecule is CCOc1cccc(C(CCc2nccn2C)NC)c1. The summed E-state index contributed by atoms with van der Waals surface area (Å²) in [5.74, 6) is 2.05. The number of nitrogens with one attached hydrogen (secondary N) is 1. The van der Waals surface area contributed by atoms with Gasteiger partial charge in [-0.2, -0.15) is 0 Å². The summed E-state index contributed by atoms with van der Waals surface area (Å²) >= 11 is 0. The van der Waals surface area contributed by atoms with E-state index < -0.39 is 0 Å². The van der Waals surface area contributed by atoms with Crippen LogP contribution in [0.1, 0.15) is 30.8 Å². The third-order valence-electron chi connectivity index (χ3n) is 3.50. The molecule has 1 aromatic heterocycles. The van der Waals surface area contributed by atoms with Crippen LogP contribution in [0.15, 0.2) is 36.7 Å². The van der Waals surface area contributed by atoms with Crippen molar-refractivity contribution in [3.63, 3.8) is 0 Å². The Labute approximate surface area is 120 Å². The fourth-order valence-electron chi connectivity index (χ4n) is 2.38. The van der Waals surface area contributed by atoms with Crippen molar-refractivity contribution in [3.8, 4) is 5.75 Å². The number of benzene rings is 1. The average Bonchev–Trinajstić information content (AvgIpc) is 2.86. The van der Waals surface area contributed by atoms with Gasteiger partial charge in [0.25, 0.3) is 0 Å². The van der Waals surface area contributed by atoms with E-state index in [-0.39, 0.29) is 0 Å². The molecule has 1 N–H and O–H groups in total. The number of nitrogens with zero attached hydrogens (tertiary/aromatic N) is 2. The minimum absolute atomic E-state index is 0.312. The highest BCUT2D eigenvalue weighted by molar-refractivity contribution is 5.30. The van der Waals surface area contributed by atoms with Gasteiger partial charge in [-0.15, -0.1) is 0 Å². The molecule has 2 aromatic rings. The smallest absolute Gasteiger partial charge is 0.119 e. The molecule has 0 fully saturated rings. The fourth-order valence-corrected chi connectivity index (χ4v) is 2.38. The molecule has 0 amide bonds. The van der Waals surface area contributed by atoms with Crippen molar-refractivity contribution in [3.05, 3.63) is 48.0 Å². The first kappa shape index (κ1) is 14.6. The summed E-state index contributed by atoms with van der Waals surface area (Å²) in [5.41, 5.74) is 1.26. The number of ether oxygens (including phenoxy) is 1. The van der Waals surface area contributed by atoms with Crippen molar-refractivity contribution in [2.24, 2.45) is 7.05 Å². The zero-order valence-corrected chi connectivity index (χ0v) is 12.5. The van der Waals surface area contributed by atoms with Crippen LogP contribution in [0.3, 0.4) is 0 Å². The number of imidazole rings is 1. The van der Waals surface area contributed by atoms with Gasteiger partial charge in [-0.05, 0) is 38.1 Å². The lowest BCUT2D eigenvalue weighted by atomic mass is 10.0. The van der Waals surface area contributed by atoms with Crippen LogP contribution in [-0.4, -0.2) is 23.2 Å². The molecule has 0 saturated heterocycles. The summed E-state index contributed by atoms with van der Waals surface area (Å²) in [7, 11) is 4.03. The number of hydrogen-bond donors (Lipinski definition) is 1. The standard InChI is InChI=1S/C16H23N3O/c1-4-20-14-7-5-6-13(12-14)15(17-2)8-9-16-18-10-11-19(16)3/h5-7,10-12,15,17H,4,8-9H2,1-3H3. The summed E-state index contributed by atoms with van der Waals surface area (Å²) < 4.78 is 7.64. The van der Waals surface area contributed by atoms with Crippen molar-refractivity contribution in [2.45, 2.75) is 25.8 Å². The Kier molecular flexibility index (Phi) is 5.18. The molecule has 0 radical (unpaired) electrons. The van der Waals surface area contributed by atoms with Crippen molar-refractivity contribution in [1.29, 1.82) is 0 Å². The maximum atomic E-state index is 5.57. The van der Waals surface area contributed by atoms with Crippen LogP contribution in [0.4, 0.5) is 0 Å². The van der Waals surface area contributed by atoms with Crippen molar-refractivity contribution in [1.82, 2.24) is 14.9 Å². The summed E-state index contributed by atoms with van der Waals surface area (Å²) in [6.45, 7) is 2.70. The van der Waals surface area contributed by atoms with Crippen LogP contribution < -0.4 is 10.1 Å². The molecule has 0 spiro atoms. The second kappa shape index (κ2) is 7.10. The van der Waals surface area contributed by atoms with Gasteiger partial charge in [0.1, 0.15) is 11.6 Å². The van der Waals surface area contributed by atoms with Crippen LogP contribution in [0.25, 0.3) is 0 Å². The van der Waals surface area contributed by atoms with Crippen LogP contribution in [0, 0.1) is 0 Å². The van der Waals surface area contributed by atoms with Gasteiger partial charge in [-0.25, -0.2) is 4.98 Å². The number of hydrogen-bond acceptors (Lipinski definition) is 3. The topological polar surface area (TPSA) is 39.1 Å². The third kappa shape index (κ3) is 3.61. The lowest BCUT2D eigenvalue weighted by Crippen LogP contribution is -2.18. The van der Waals surface area contributed by atoms with E-state index >= 15 is 0 Å². The highest BCUT2D eigenvalue weighted by Gasteiger charge is 2.11. The van der Waals surface area contributed by atoms with E-state index in [1.54, 1.807) is 0 Å². The molecular weight excluding hydrogens is 250 g/mol. The highest BCUT2D eigenvalue weighted by Crippen LogP contribution is 2.22. The lowest BCUT2D eigenvalue weighted by Gasteiger charge is -2.17. The van der Waals surface area contributed by atoms with Crippen molar-refractivity contribution in [2.75, 3.05) is 13.7 Å². The Balaban J connectivity index is 2.04. The molecule has 1 unspecified atom stereocenters. The third-order valence-corrected chi connectivity index (χ3v) is 3.50. The molecule has 0 aliphatic carbocycles. The molecule has 0 bridgehead atoms. The van der Waals surface area contributed by atoms with Crippen LogP contribution in [0.5, 0.6) is 5.75 Å². The van der Waals surface area contributed by atoms with Gasteiger partial charge in [-0.1, -0.05) is 12.1 Å². The van der Waals surface area contributed by atoms with E-state index in [1.165, 1.54) is 5.56 Å². The normalized spacial score (nSPS) is 12.3. The number of rotatable bonds is 7. The van der Waals surface area contributed by atoms with Gasteiger partial charge in [0.15, 0.2) is 0 Å². The minimum atomic E-state index is 0.312. The maximum Gasteiger partial charge on any atom is 0.119 e. The summed E-state index contributed by atoms with van der Waals surface area (Å²) in [4.78, 5) is 4.37. The minimum Gasteiger partial charge on any atom is -0.494 e. The summed E-state index contributed by atoms with van der Waals surface area (Å²) in [6.07, 6.45) is 5.80. The summed E-state index contributed by atoms with van der Waals surface area (Å²) in [6, 6.07) is 8.61. The average molecular weight is 273 g/mol. The van der Waals surface area contributed by atoms with Crippen molar-refractivity contribution < 1.29 is 4.74 Å². The number of aryl methyl sites for hydroxylation is 2. The first-order valence-electron chi connectivity index (χ1n) is 7.10. The molecule has 2 rings (SSSR count).